The summed E-state index contributed by atoms with van der Waals surface area (Å²) in [7, 11) is 3.48. The van der Waals surface area contributed by atoms with Crippen molar-refractivity contribution in [1.82, 2.24) is 10.6 Å². The highest BCUT2D eigenvalue weighted by Gasteiger charge is 2.33. The second kappa shape index (κ2) is 8.03. The van der Waals surface area contributed by atoms with Crippen molar-refractivity contribution in [2.75, 3.05) is 27.4 Å². The van der Waals surface area contributed by atoms with Crippen molar-refractivity contribution in [3.05, 3.63) is 29.3 Å². The number of ether oxygens (including phenoxy) is 2. The summed E-state index contributed by atoms with van der Waals surface area (Å²) in [5, 5.41) is 6.78. The highest BCUT2D eigenvalue weighted by Crippen LogP contribution is 2.28. The second-order valence-electron chi connectivity index (χ2n) is 5.84. The Bertz CT molecular complexity index is 517. The van der Waals surface area contributed by atoms with Gasteiger partial charge in [0.05, 0.1) is 6.61 Å². The first-order valence-corrected chi connectivity index (χ1v) is 7.82. The number of nitrogens with one attached hydrogen (secondary N) is 2. The summed E-state index contributed by atoms with van der Waals surface area (Å²) in [6.45, 7) is 6.13. The van der Waals surface area contributed by atoms with Crippen molar-refractivity contribution in [2.24, 2.45) is 10.9 Å². The fraction of sp³-hybridized carbons (Fsp3) is 0.588. The topological polar surface area (TPSA) is 54.9 Å². The average Bonchev–Trinajstić information content (AvgIpc) is 3.20. The molecule has 2 N–H and O–H groups in total. The molecule has 0 heterocycles. The molecule has 0 spiro atoms. The Morgan fingerprint density at radius 3 is 2.77 bits per heavy atom. The Kier molecular flexibility index (Phi) is 6.07. The van der Waals surface area contributed by atoms with Crippen LogP contribution in [-0.2, 0) is 11.3 Å². The highest BCUT2D eigenvalue weighted by molar-refractivity contribution is 5.80. The summed E-state index contributed by atoms with van der Waals surface area (Å²) in [4.78, 5) is 4.27. The van der Waals surface area contributed by atoms with Gasteiger partial charge in [-0.05, 0) is 30.9 Å². The van der Waals surface area contributed by atoms with Gasteiger partial charge in [0.15, 0.2) is 5.96 Å². The van der Waals surface area contributed by atoms with Gasteiger partial charge >= 0.3 is 0 Å². The Morgan fingerprint density at radius 1 is 1.36 bits per heavy atom. The summed E-state index contributed by atoms with van der Waals surface area (Å²) >= 11 is 0. The van der Waals surface area contributed by atoms with E-state index in [1.54, 1.807) is 14.2 Å². The SMILES string of the molecule is CN=C(NCc1ccc(C)cc1OCCOC)NC1CC1C. The number of benzene rings is 1. The van der Waals surface area contributed by atoms with Crippen LogP contribution < -0.4 is 15.4 Å². The van der Waals surface area contributed by atoms with Gasteiger partial charge in [-0.2, -0.15) is 0 Å². The molecule has 2 atom stereocenters. The third-order valence-corrected chi connectivity index (χ3v) is 3.87. The average molecular weight is 305 g/mol. The van der Waals surface area contributed by atoms with Crippen molar-refractivity contribution >= 4 is 5.96 Å². The summed E-state index contributed by atoms with van der Waals surface area (Å²) in [5.74, 6) is 2.49. The monoisotopic (exact) mass is 305 g/mol. The summed E-state index contributed by atoms with van der Waals surface area (Å²) < 4.78 is 10.8. The van der Waals surface area contributed by atoms with Crippen LogP contribution in [0, 0.1) is 12.8 Å². The summed E-state index contributed by atoms with van der Waals surface area (Å²) in [6, 6.07) is 6.81. The Morgan fingerprint density at radius 2 is 2.14 bits per heavy atom. The lowest BCUT2D eigenvalue weighted by atomic mass is 10.1. The zero-order valence-electron chi connectivity index (χ0n) is 14.0. The van der Waals surface area contributed by atoms with Crippen LogP contribution in [0.25, 0.3) is 0 Å². The van der Waals surface area contributed by atoms with Crippen LogP contribution >= 0.6 is 0 Å². The number of guanidine groups is 1. The number of hydrogen-bond acceptors (Lipinski definition) is 3. The maximum atomic E-state index is 5.81. The molecule has 1 aliphatic rings. The molecule has 0 aromatic heterocycles. The van der Waals surface area contributed by atoms with Crippen molar-refractivity contribution in [3.8, 4) is 5.75 Å². The zero-order valence-corrected chi connectivity index (χ0v) is 14.0. The van der Waals surface area contributed by atoms with E-state index < -0.39 is 0 Å². The molecule has 5 nitrogen and oxygen atoms in total. The number of methoxy groups -OCH3 is 1. The molecule has 2 rings (SSSR count). The summed E-state index contributed by atoms with van der Waals surface area (Å²) in [6.07, 6.45) is 1.22. The molecule has 122 valence electrons. The van der Waals surface area contributed by atoms with Crippen molar-refractivity contribution in [2.45, 2.75) is 32.9 Å². The fourth-order valence-corrected chi connectivity index (χ4v) is 2.25. The second-order valence-corrected chi connectivity index (χ2v) is 5.84. The molecule has 2 unspecified atom stereocenters. The molecule has 0 bridgehead atoms. The van der Waals surface area contributed by atoms with E-state index in [1.165, 1.54) is 12.0 Å². The zero-order chi connectivity index (χ0) is 15.9. The molecule has 1 fully saturated rings. The number of aryl methyl sites for hydroxylation is 1. The van der Waals surface area contributed by atoms with E-state index in [0.29, 0.717) is 25.8 Å². The van der Waals surface area contributed by atoms with E-state index in [1.807, 2.05) is 0 Å². The third kappa shape index (κ3) is 4.91. The number of hydrogen-bond donors (Lipinski definition) is 2. The number of rotatable bonds is 7. The Hall–Kier alpha value is -1.75. The lowest BCUT2D eigenvalue weighted by Gasteiger charge is -2.15. The molecule has 1 aliphatic carbocycles. The Balaban J connectivity index is 1.92. The lowest BCUT2D eigenvalue weighted by Crippen LogP contribution is -2.38. The first kappa shape index (κ1) is 16.6. The quantitative estimate of drug-likeness (QED) is 0.460. The van der Waals surface area contributed by atoms with Gasteiger partial charge in [0, 0.05) is 32.3 Å². The fourth-order valence-electron chi connectivity index (χ4n) is 2.25. The van der Waals surface area contributed by atoms with Crippen molar-refractivity contribution < 1.29 is 9.47 Å². The third-order valence-electron chi connectivity index (χ3n) is 3.87. The molecule has 0 amide bonds. The largest absolute Gasteiger partial charge is 0.491 e. The van der Waals surface area contributed by atoms with Gasteiger partial charge in [-0.1, -0.05) is 19.1 Å². The van der Waals surface area contributed by atoms with Crippen molar-refractivity contribution in [1.29, 1.82) is 0 Å². The Labute approximate surface area is 133 Å². The van der Waals surface area contributed by atoms with Crippen LogP contribution in [0.3, 0.4) is 0 Å². The summed E-state index contributed by atoms with van der Waals surface area (Å²) in [5.41, 5.74) is 2.30. The molecule has 22 heavy (non-hydrogen) atoms. The predicted octanol–water partition coefficient (Wildman–Crippen LogP) is 2.09. The van der Waals surface area contributed by atoms with Gasteiger partial charge in [-0.3, -0.25) is 4.99 Å². The van der Waals surface area contributed by atoms with Gasteiger partial charge in [0.25, 0.3) is 0 Å². The van der Waals surface area contributed by atoms with Crippen LogP contribution in [0.2, 0.25) is 0 Å². The molecule has 1 saturated carbocycles. The van der Waals surface area contributed by atoms with Crippen LogP contribution in [0.1, 0.15) is 24.5 Å². The number of nitrogens with zero attached hydrogens (tertiary/aromatic N) is 1. The molecular weight excluding hydrogens is 278 g/mol. The maximum absolute atomic E-state index is 5.81. The molecule has 1 aromatic carbocycles. The maximum Gasteiger partial charge on any atom is 0.191 e. The molecule has 5 heteroatoms. The minimum Gasteiger partial charge on any atom is -0.491 e. The lowest BCUT2D eigenvalue weighted by molar-refractivity contribution is 0.145. The normalized spacial score (nSPS) is 20.6. The molecule has 1 aromatic rings. The van der Waals surface area contributed by atoms with E-state index >= 15 is 0 Å². The van der Waals surface area contributed by atoms with Crippen LogP contribution in [0.15, 0.2) is 23.2 Å². The standard InChI is InChI=1S/C17H27N3O2/c1-12-5-6-14(16(9-12)22-8-7-21-4)11-19-17(18-3)20-15-10-13(15)2/h5-6,9,13,15H,7-8,10-11H2,1-4H3,(H2,18,19,20). The minimum absolute atomic E-state index is 0.555. The minimum atomic E-state index is 0.555. The molecule has 0 radical (unpaired) electrons. The van der Waals surface area contributed by atoms with E-state index in [0.717, 1.165) is 23.2 Å². The number of aliphatic imine (C=N–C) groups is 1. The molecule has 0 aliphatic heterocycles. The first-order chi connectivity index (χ1) is 10.6. The van der Waals surface area contributed by atoms with Gasteiger partial charge in [-0.15, -0.1) is 0 Å². The van der Waals surface area contributed by atoms with Gasteiger partial charge in [0.1, 0.15) is 12.4 Å². The van der Waals surface area contributed by atoms with E-state index in [4.69, 9.17) is 9.47 Å². The predicted molar refractivity (Wildman–Crippen MR) is 89.5 cm³/mol. The van der Waals surface area contributed by atoms with E-state index in [-0.39, 0.29) is 0 Å². The highest BCUT2D eigenvalue weighted by atomic mass is 16.5. The van der Waals surface area contributed by atoms with Gasteiger partial charge in [-0.25, -0.2) is 0 Å². The van der Waals surface area contributed by atoms with Gasteiger partial charge in [0.2, 0.25) is 0 Å². The van der Waals surface area contributed by atoms with Crippen LogP contribution in [0.4, 0.5) is 0 Å². The molecular formula is C17H27N3O2. The van der Waals surface area contributed by atoms with E-state index in [9.17, 15) is 0 Å². The molecule has 0 saturated heterocycles. The van der Waals surface area contributed by atoms with Crippen LogP contribution in [0.5, 0.6) is 5.75 Å². The van der Waals surface area contributed by atoms with Crippen LogP contribution in [-0.4, -0.2) is 39.4 Å². The first-order valence-electron chi connectivity index (χ1n) is 7.82. The van der Waals surface area contributed by atoms with Gasteiger partial charge < -0.3 is 20.1 Å². The van der Waals surface area contributed by atoms with E-state index in [2.05, 4.69) is 47.7 Å². The van der Waals surface area contributed by atoms with Crippen molar-refractivity contribution in [3.63, 3.8) is 0 Å². The smallest absolute Gasteiger partial charge is 0.191 e.